The van der Waals surface area contributed by atoms with E-state index in [1.54, 1.807) is 59.6 Å². The summed E-state index contributed by atoms with van der Waals surface area (Å²) < 4.78 is 45.8. The molecule has 1 aromatic heterocycles. The van der Waals surface area contributed by atoms with Crippen molar-refractivity contribution in [2.75, 3.05) is 50.5 Å². The van der Waals surface area contributed by atoms with Crippen LogP contribution in [0.5, 0.6) is 28.7 Å². The molecule has 80 heavy (non-hydrogen) atoms. The van der Waals surface area contributed by atoms with E-state index >= 15 is 0 Å². The average Bonchev–Trinajstić information content (AvgIpc) is 3.96. The summed E-state index contributed by atoms with van der Waals surface area (Å²) in [4.78, 5) is 80.7. The molecular formula is C62H73N3O14S. The molecule has 426 valence electrons. The highest BCUT2D eigenvalue weighted by atomic mass is 32.1. The molecule has 2 fully saturated rings. The van der Waals surface area contributed by atoms with Gasteiger partial charge in [0.15, 0.2) is 5.75 Å². The Balaban J connectivity index is 0.841. The van der Waals surface area contributed by atoms with Gasteiger partial charge in [-0.2, -0.15) is 0 Å². The number of carbonyl (C=O) groups excluding carboxylic acids is 6. The molecule has 7 rings (SSSR count). The number of nitrogens with zero attached hydrogens (tertiary/aromatic N) is 2. The van der Waals surface area contributed by atoms with Crippen molar-refractivity contribution in [1.82, 2.24) is 4.98 Å². The zero-order chi connectivity index (χ0) is 56.5. The Kier molecular flexibility index (Phi) is 23.8. The van der Waals surface area contributed by atoms with Crippen molar-refractivity contribution in [2.24, 2.45) is 23.7 Å². The summed E-state index contributed by atoms with van der Waals surface area (Å²) in [6.45, 7) is 8.73. The highest BCUT2D eigenvalue weighted by Crippen LogP contribution is 2.39. The summed E-state index contributed by atoms with van der Waals surface area (Å²) in [6.07, 6.45) is 13.6. The maximum Gasteiger partial charge on any atom is 0.330 e. The molecule has 2 aliphatic carbocycles. The molecule has 0 atom stereocenters. The van der Waals surface area contributed by atoms with Crippen molar-refractivity contribution in [1.29, 1.82) is 0 Å². The summed E-state index contributed by atoms with van der Waals surface area (Å²) in [5.41, 5.74) is 5.59. The molecule has 0 radical (unpaired) electrons. The molecule has 0 amide bonds. The van der Waals surface area contributed by atoms with Crippen LogP contribution >= 0.6 is 11.3 Å². The molecule has 2 aliphatic rings. The second-order valence-corrected chi connectivity index (χ2v) is 20.9. The van der Waals surface area contributed by atoms with Crippen LogP contribution in [0.4, 0.5) is 10.8 Å². The maximum atomic E-state index is 13.8. The first-order valence-corrected chi connectivity index (χ1v) is 28.6. The minimum atomic E-state index is -0.415. The van der Waals surface area contributed by atoms with E-state index in [1.165, 1.54) is 11.3 Å². The highest BCUT2D eigenvalue weighted by molar-refractivity contribution is 7.22. The molecule has 1 heterocycles. The number of nitrogens with one attached hydrogen (secondary N) is 1. The van der Waals surface area contributed by atoms with E-state index in [9.17, 15) is 28.8 Å². The van der Waals surface area contributed by atoms with Crippen molar-refractivity contribution in [3.05, 3.63) is 122 Å². The van der Waals surface area contributed by atoms with E-state index in [-0.39, 0.29) is 48.2 Å². The number of hydrogen-bond acceptors (Lipinski definition) is 18. The number of hydrazine groups is 1. The van der Waals surface area contributed by atoms with Crippen molar-refractivity contribution in [3.8, 4) is 28.7 Å². The first kappa shape index (κ1) is 59.9. The molecule has 0 spiro atoms. The van der Waals surface area contributed by atoms with Crippen LogP contribution in [0.25, 0.3) is 10.2 Å². The largest absolute Gasteiger partial charge is 0.494 e. The molecule has 5 aromatic rings. The van der Waals surface area contributed by atoms with Gasteiger partial charge in [0.2, 0.25) is 5.13 Å². The molecule has 0 bridgehead atoms. The Bertz CT molecular complexity index is 2820. The number of para-hydroxylation sites is 1. The van der Waals surface area contributed by atoms with Crippen LogP contribution in [0.15, 0.2) is 116 Å². The summed E-state index contributed by atoms with van der Waals surface area (Å²) >= 11 is 1.43. The van der Waals surface area contributed by atoms with Gasteiger partial charge in [0, 0.05) is 25.6 Å². The lowest BCUT2D eigenvalue weighted by Crippen LogP contribution is -2.30. The fourth-order valence-corrected chi connectivity index (χ4v) is 10.5. The van der Waals surface area contributed by atoms with Crippen LogP contribution in [0.3, 0.4) is 0 Å². The third kappa shape index (κ3) is 19.0. The lowest BCUT2D eigenvalue weighted by Gasteiger charge is -2.26. The van der Waals surface area contributed by atoms with E-state index in [4.69, 9.17) is 42.9 Å². The zero-order valence-corrected chi connectivity index (χ0v) is 46.4. The quantitative estimate of drug-likeness (QED) is 0.0109. The number of fused-ring (bicyclic) bond motifs is 1. The number of unbranched alkanes of at least 4 members (excludes halogenated alkanes) is 6. The summed E-state index contributed by atoms with van der Waals surface area (Å²) in [5.74, 6) is -1.08. The van der Waals surface area contributed by atoms with Crippen LogP contribution in [-0.2, 0) is 49.4 Å². The number of anilines is 2. The van der Waals surface area contributed by atoms with Gasteiger partial charge in [0.25, 0.3) is 0 Å². The lowest BCUT2D eigenvalue weighted by atomic mass is 9.82. The molecule has 1 N–H and O–H groups in total. The zero-order valence-electron chi connectivity index (χ0n) is 45.6. The smallest absolute Gasteiger partial charge is 0.330 e. The van der Waals surface area contributed by atoms with Gasteiger partial charge in [0.1, 0.15) is 28.5 Å². The second kappa shape index (κ2) is 31.8. The predicted molar refractivity (Wildman–Crippen MR) is 304 cm³/mol. The van der Waals surface area contributed by atoms with E-state index in [0.717, 1.165) is 79.5 Å². The van der Waals surface area contributed by atoms with Gasteiger partial charge in [0.05, 0.1) is 67.1 Å². The van der Waals surface area contributed by atoms with Crippen molar-refractivity contribution in [3.63, 3.8) is 0 Å². The van der Waals surface area contributed by atoms with Crippen molar-refractivity contribution < 1.29 is 66.7 Å². The number of carbonyl (C=O) groups is 6. The van der Waals surface area contributed by atoms with Gasteiger partial charge in [-0.25, -0.2) is 14.6 Å². The van der Waals surface area contributed by atoms with Gasteiger partial charge in [-0.15, -0.1) is 0 Å². The van der Waals surface area contributed by atoms with E-state index in [0.29, 0.717) is 124 Å². The van der Waals surface area contributed by atoms with Gasteiger partial charge in [-0.3, -0.25) is 29.6 Å². The van der Waals surface area contributed by atoms with E-state index in [1.807, 2.05) is 43.4 Å². The molecule has 0 unspecified atom stereocenters. The van der Waals surface area contributed by atoms with Gasteiger partial charge < -0.3 is 37.9 Å². The molecule has 0 saturated heterocycles. The molecule has 18 heteroatoms. The summed E-state index contributed by atoms with van der Waals surface area (Å²) in [7, 11) is 1.86. The SMILES string of the molecule is C=CC(=O)OCCCCCCOc1ccc(OC(=O)C2CCC(C(=O)OCCc3ccc(OC(=O)C4CCC(C(=O)Oc5ccc(OCCCCCCOC(=O)C=C)cc5)CC4)c4nc(N(C)Nc5ccccc5)sc34)CC2)cc1. The maximum absolute atomic E-state index is 13.8. The number of thiazole rings is 1. The van der Waals surface area contributed by atoms with Crippen LogP contribution in [0, 0.1) is 23.7 Å². The Morgan fingerprint density at radius 3 is 1.44 bits per heavy atom. The first-order chi connectivity index (χ1) is 39.0. The Hall–Kier alpha value is -7.73. The topological polar surface area (TPSA) is 204 Å². The number of aromatic nitrogens is 1. The second-order valence-electron chi connectivity index (χ2n) is 19.9. The van der Waals surface area contributed by atoms with E-state index in [2.05, 4.69) is 18.6 Å². The molecule has 2 saturated carbocycles. The minimum absolute atomic E-state index is 0.127. The summed E-state index contributed by atoms with van der Waals surface area (Å²) in [6, 6.07) is 27.2. The monoisotopic (exact) mass is 1120 g/mol. The Morgan fingerprint density at radius 2 is 0.963 bits per heavy atom. The van der Waals surface area contributed by atoms with Crippen molar-refractivity contribution >= 4 is 68.2 Å². The Labute approximate surface area is 471 Å². The van der Waals surface area contributed by atoms with Gasteiger partial charge in [-0.1, -0.05) is 48.8 Å². The van der Waals surface area contributed by atoms with Crippen LogP contribution < -0.4 is 34.1 Å². The number of esters is 6. The third-order valence-electron chi connectivity index (χ3n) is 14.1. The van der Waals surface area contributed by atoms with E-state index < -0.39 is 17.9 Å². The number of hydrogen-bond donors (Lipinski definition) is 1. The average molecular weight is 1120 g/mol. The predicted octanol–water partition coefficient (Wildman–Crippen LogP) is 11.9. The number of benzene rings is 4. The third-order valence-corrected chi connectivity index (χ3v) is 15.3. The van der Waals surface area contributed by atoms with Crippen molar-refractivity contribution in [2.45, 2.75) is 109 Å². The molecular weight excluding hydrogens is 1040 g/mol. The highest BCUT2D eigenvalue weighted by Gasteiger charge is 2.34. The summed E-state index contributed by atoms with van der Waals surface area (Å²) in [5, 5.41) is 2.43. The fourth-order valence-electron chi connectivity index (χ4n) is 9.47. The molecule has 0 aliphatic heterocycles. The van der Waals surface area contributed by atoms with Crippen LogP contribution in [0.1, 0.15) is 108 Å². The standard InChI is InChI=1S/C62H73N3O14S/c1-4-54(66)74-40-15-8-6-13-38-72-49-28-32-51(33-29-49)77-59(69)45-21-19-44(20-22-45)58(68)76-42-37-43-27-36-53(56-57(43)80-62(63-56)65(3)64-48-17-11-10-12-18-48)79-61(71)47-25-23-46(24-26-47)60(70)78-52-34-30-50(31-35-52)73-39-14-7-9-16-41-75-55(67)5-2/h4-5,10-12,17-18,27-36,44-47,64H,1-2,6-9,13-16,19-26,37-42H2,3H3. The Morgan fingerprint density at radius 1 is 0.525 bits per heavy atom. The minimum Gasteiger partial charge on any atom is -0.494 e. The molecule has 17 nitrogen and oxygen atoms in total. The normalized spacial score (nSPS) is 16.8. The molecule has 4 aromatic carbocycles. The number of rotatable bonds is 31. The first-order valence-electron chi connectivity index (χ1n) is 27.8. The van der Waals surface area contributed by atoms with Gasteiger partial charge >= 0.3 is 35.8 Å². The lowest BCUT2D eigenvalue weighted by molar-refractivity contribution is -0.152. The van der Waals surface area contributed by atoms with Crippen LogP contribution in [-0.4, -0.2) is 80.9 Å². The number of ether oxygens (including phenoxy) is 8. The van der Waals surface area contributed by atoms with Gasteiger partial charge in [-0.05, 0) is 175 Å². The van der Waals surface area contributed by atoms with Crippen LogP contribution in [0.2, 0.25) is 0 Å². The fraction of sp³-hybridized carbons (Fsp3) is 0.435.